The fourth-order valence-corrected chi connectivity index (χ4v) is 1.10. The molecule has 0 aliphatic rings. The highest BCUT2D eigenvalue weighted by Crippen LogP contribution is 2.05. The minimum absolute atomic E-state index is 0.0935. The van der Waals surface area contributed by atoms with Gasteiger partial charge in [0.15, 0.2) is 6.29 Å². The van der Waals surface area contributed by atoms with Crippen LogP contribution < -0.4 is 0 Å². The molecular weight excluding hydrogens is 180 g/mol. The van der Waals surface area contributed by atoms with E-state index < -0.39 is 0 Å². The van der Waals surface area contributed by atoms with Crippen LogP contribution in [0.3, 0.4) is 0 Å². The molecule has 1 N–H and O–H groups in total. The number of hydrogen-bond donors (Lipinski definition) is 1. The predicted octanol–water partition coefficient (Wildman–Crippen LogP) is 1.38. The molecule has 0 fully saturated rings. The number of rotatable bonds is 7. The molecule has 3 nitrogen and oxygen atoms in total. The first-order chi connectivity index (χ1) is 5.74. The van der Waals surface area contributed by atoms with E-state index in [1.165, 1.54) is 0 Å². The van der Waals surface area contributed by atoms with Crippen LogP contribution in [0.15, 0.2) is 0 Å². The Hall–Kier alpha value is 0.170. The van der Waals surface area contributed by atoms with Crippen molar-refractivity contribution in [1.29, 1.82) is 0 Å². The Morgan fingerprint density at radius 2 is 2.17 bits per heavy atom. The van der Waals surface area contributed by atoms with E-state index in [2.05, 4.69) is 0 Å². The molecule has 2 atom stereocenters. The van der Waals surface area contributed by atoms with Crippen LogP contribution in [0.5, 0.6) is 0 Å². The molecule has 12 heavy (non-hydrogen) atoms. The molecule has 0 heterocycles. The van der Waals surface area contributed by atoms with E-state index in [4.69, 9.17) is 26.2 Å². The Labute approximate surface area is 78.6 Å². The molecule has 0 aliphatic heterocycles. The van der Waals surface area contributed by atoms with Crippen LogP contribution >= 0.6 is 11.6 Å². The van der Waals surface area contributed by atoms with Gasteiger partial charge in [-0.3, -0.25) is 0 Å². The third-order valence-corrected chi connectivity index (χ3v) is 1.75. The highest BCUT2D eigenvalue weighted by atomic mass is 35.5. The van der Waals surface area contributed by atoms with Crippen molar-refractivity contribution < 1.29 is 14.6 Å². The normalized spacial score (nSPS) is 16.0. The smallest absolute Gasteiger partial charge is 0.155 e. The van der Waals surface area contributed by atoms with Crippen LogP contribution in [0, 0.1) is 0 Å². The molecular formula is C8H17ClO3. The molecule has 74 valence electrons. The van der Waals surface area contributed by atoms with E-state index >= 15 is 0 Å². The van der Waals surface area contributed by atoms with Gasteiger partial charge in [0.2, 0.25) is 0 Å². The Balaban J connectivity index is 3.53. The van der Waals surface area contributed by atoms with Crippen LogP contribution in [0.1, 0.15) is 20.3 Å². The van der Waals surface area contributed by atoms with Gasteiger partial charge < -0.3 is 14.6 Å². The maximum Gasteiger partial charge on any atom is 0.155 e. The molecule has 0 spiro atoms. The number of alkyl halides is 1. The first kappa shape index (κ1) is 12.2. The fourth-order valence-electron chi connectivity index (χ4n) is 0.871. The first-order valence-electron chi connectivity index (χ1n) is 4.18. The highest BCUT2D eigenvalue weighted by Gasteiger charge is 2.11. The SMILES string of the molecule is CCOC(C)O[C@H](CCl)CCO. The minimum Gasteiger partial charge on any atom is -0.396 e. The minimum atomic E-state index is -0.245. The van der Waals surface area contributed by atoms with Crippen LogP contribution in [-0.2, 0) is 9.47 Å². The number of aliphatic hydroxyl groups is 1. The zero-order valence-electron chi connectivity index (χ0n) is 7.62. The summed E-state index contributed by atoms with van der Waals surface area (Å²) in [6.45, 7) is 4.44. The summed E-state index contributed by atoms with van der Waals surface area (Å²) in [4.78, 5) is 0. The second kappa shape index (κ2) is 7.80. The summed E-state index contributed by atoms with van der Waals surface area (Å²) in [5.41, 5.74) is 0. The van der Waals surface area contributed by atoms with Crippen molar-refractivity contribution >= 4 is 11.6 Å². The van der Waals surface area contributed by atoms with Crippen LogP contribution in [-0.4, -0.2) is 36.6 Å². The molecule has 0 saturated heterocycles. The Morgan fingerprint density at radius 3 is 2.58 bits per heavy atom. The van der Waals surface area contributed by atoms with Crippen molar-refractivity contribution in [2.24, 2.45) is 0 Å². The van der Waals surface area contributed by atoms with Crippen LogP contribution in [0.4, 0.5) is 0 Å². The average molecular weight is 197 g/mol. The number of ether oxygens (including phenoxy) is 2. The predicted molar refractivity (Wildman–Crippen MR) is 48.4 cm³/mol. The molecule has 0 rings (SSSR count). The summed E-state index contributed by atoms with van der Waals surface area (Å²) in [5.74, 6) is 0.387. The van der Waals surface area contributed by atoms with Crippen molar-refractivity contribution in [1.82, 2.24) is 0 Å². The topological polar surface area (TPSA) is 38.7 Å². The molecule has 1 unspecified atom stereocenters. The lowest BCUT2D eigenvalue weighted by atomic mass is 10.3. The van der Waals surface area contributed by atoms with E-state index in [9.17, 15) is 0 Å². The van der Waals surface area contributed by atoms with Crippen molar-refractivity contribution in [3.63, 3.8) is 0 Å². The van der Waals surface area contributed by atoms with Gasteiger partial charge >= 0.3 is 0 Å². The van der Waals surface area contributed by atoms with E-state index in [1.54, 1.807) is 0 Å². The molecule has 0 amide bonds. The standard InChI is InChI=1S/C8H17ClO3/c1-3-11-7(2)12-8(6-9)4-5-10/h7-8,10H,3-6H2,1-2H3/t7?,8-/m0/s1. The summed E-state index contributed by atoms with van der Waals surface area (Å²) in [6, 6.07) is 0. The van der Waals surface area contributed by atoms with Gasteiger partial charge in [-0.05, 0) is 20.3 Å². The zero-order valence-corrected chi connectivity index (χ0v) is 8.38. The Kier molecular flexibility index (Phi) is 7.91. The van der Waals surface area contributed by atoms with Gasteiger partial charge in [0.05, 0.1) is 6.10 Å². The van der Waals surface area contributed by atoms with Gasteiger partial charge in [-0.2, -0.15) is 0 Å². The van der Waals surface area contributed by atoms with Gasteiger partial charge in [0.1, 0.15) is 0 Å². The van der Waals surface area contributed by atoms with Crippen LogP contribution in [0.25, 0.3) is 0 Å². The second-order valence-electron chi connectivity index (χ2n) is 2.45. The van der Waals surface area contributed by atoms with Crippen molar-refractivity contribution in [2.45, 2.75) is 32.7 Å². The molecule has 0 bridgehead atoms. The lowest BCUT2D eigenvalue weighted by Crippen LogP contribution is -2.24. The van der Waals surface area contributed by atoms with Crippen molar-refractivity contribution in [3.8, 4) is 0 Å². The largest absolute Gasteiger partial charge is 0.396 e. The summed E-state index contributed by atoms with van der Waals surface area (Å²) in [6.07, 6.45) is 0.199. The van der Waals surface area contributed by atoms with Gasteiger partial charge in [0, 0.05) is 19.1 Å². The highest BCUT2D eigenvalue weighted by molar-refractivity contribution is 6.18. The molecule has 0 radical (unpaired) electrons. The molecule has 0 saturated carbocycles. The molecule has 0 aromatic carbocycles. The van der Waals surface area contributed by atoms with Gasteiger partial charge in [-0.25, -0.2) is 0 Å². The third-order valence-electron chi connectivity index (χ3n) is 1.41. The number of hydrogen-bond acceptors (Lipinski definition) is 3. The maximum atomic E-state index is 8.63. The number of halogens is 1. The molecule has 4 heteroatoms. The van der Waals surface area contributed by atoms with E-state index in [-0.39, 0.29) is 19.0 Å². The molecule has 0 aromatic heterocycles. The lowest BCUT2D eigenvalue weighted by molar-refractivity contribution is -0.154. The van der Waals surface area contributed by atoms with Crippen molar-refractivity contribution in [3.05, 3.63) is 0 Å². The molecule has 0 aliphatic carbocycles. The van der Waals surface area contributed by atoms with Crippen LogP contribution in [0.2, 0.25) is 0 Å². The fraction of sp³-hybridized carbons (Fsp3) is 1.00. The average Bonchev–Trinajstić information content (AvgIpc) is 2.04. The van der Waals surface area contributed by atoms with E-state index in [0.29, 0.717) is 18.9 Å². The van der Waals surface area contributed by atoms with Gasteiger partial charge in [0.25, 0.3) is 0 Å². The third kappa shape index (κ3) is 5.77. The zero-order chi connectivity index (χ0) is 9.40. The van der Waals surface area contributed by atoms with E-state index in [1.807, 2.05) is 13.8 Å². The summed E-state index contributed by atoms with van der Waals surface area (Å²) in [7, 11) is 0. The second-order valence-corrected chi connectivity index (χ2v) is 2.76. The van der Waals surface area contributed by atoms with E-state index in [0.717, 1.165) is 0 Å². The summed E-state index contributed by atoms with van der Waals surface area (Å²) < 4.78 is 10.5. The lowest BCUT2D eigenvalue weighted by Gasteiger charge is -2.19. The monoisotopic (exact) mass is 196 g/mol. The van der Waals surface area contributed by atoms with Gasteiger partial charge in [-0.15, -0.1) is 11.6 Å². The van der Waals surface area contributed by atoms with Gasteiger partial charge in [-0.1, -0.05) is 0 Å². The number of aliphatic hydroxyl groups excluding tert-OH is 1. The molecule has 0 aromatic rings. The first-order valence-corrected chi connectivity index (χ1v) is 4.71. The maximum absolute atomic E-state index is 8.63. The summed E-state index contributed by atoms with van der Waals surface area (Å²) in [5, 5.41) is 8.63. The Morgan fingerprint density at radius 1 is 1.50 bits per heavy atom. The Bertz CT molecular complexity index is 100. The van der Waals surface area contributed by atoms with Crippen molar-refractivity contribution in [2.75, 3.05) is 19.1 Å². The summed E-state index contributed by atoms with van der Waals surface area (Å²) >= 11 is 5.60. The quantitative estimate of drug-likeness (QED) is 0.494.